The van der Waals surface area contributed by atoms with E-state index in [9.17, 15) is 18.0 Å². The minimum absolute atomic E-state index is 0.413. The van der Waals surface area contributed by atoms with Crippen LogP contribution in [0.3, 0.4) is 0 Å². The Kier molecular flexibility index (Phi) is 4.29. The lowest BCUT2D eigenvalue weighted by Gasteiger charge is -2.25. The highest BCUT2D eigenvalue weighted by Gasteiger charge is 2.42. The number of hydrogen-bond donors (Lipinski definition) is 2. The summed E-state index contributed by atoms with van der Waals surface area (Å²) in [5.41, 5.74) is 6.94. The van der Waals surface area contributed by atoms with Gasteiger partial charge in [0.05, 0.1) is 12.2 Å². The second-order valence-corrected chi connectivity index (χ2v) is 4.81. The molecule has 1 unspecified atom stereocenters. The van der Waals surface area contributed by atoms with E-state index < -0.39 is 24.3 Å². The third-order valence-corrected chi connectivity index (χ3v) is 3.36. The van der Waals surface area contributed by atoms with Crippen molar-refractivity contribution in [1.29, 1.82) is 0 Å². The summed E-state index contributed by atoms with van der Waals surface area (Å²) in [6.07, 6.45) is -5.07. The third kappa shape index (κ3) is 3.49. The molecule has 1 aliphatic heterocycles. The molecule has 1 aromatic carbocycles. The van der Waals surface area contributed by atoms with Crippen molar-refractivity contribution in [2.75, 3.05) is 6.54 Å². The molecule has 4 nitrogen and oxygen atoms in total. The van der Waals surface area contributed by atoms with Crippen molar-refractivity contribution >= 4 is 5.91 Å². The van der Waals surface area contributed by atoms with Gasteiger partial charge in [0.2, 0.25) is 0 Å². The summed E-state index contributed by atoms with van der Waals surface area (Å²) in [6, 6.07) is 8.84. The molecule has 0 radical (unpaired) electrons. The largest absolute Gasteiger partial charge is 0.471 e. The molecule has 1 heterocycles. The van der Waals surface area contributed by atoms with Gasteiger partial charge in [0.15, 0.2) is 0 Å². The van der Waals surface area contributed by atoms with E-state index in [-0.39, 0.29) is 0 Å². The lowest BCUT2D eigenvalue weighted by Crippen LogP contribution is -2.52. The van der Waals surface area contributed by atoms with Crippen molar-refractivity contribution in [2.45, 2.75) is 31.3 Å². The number of likely N-dealkylation sites (tertiary alicyclic amines) is 1. The predicted octanol–water partition coefficient (Wildman–Crippen LogP) is 1.22. The Morgan fingerprint density at radius 2 is 2.00 bits per heavy atom. The van der Waals surface area contributed by atoms with Gasteiger partial charge >= 0.3 is 12.1 Å². The normalized spacial score (nSPS) is 23.8. The van der Waals surface area contributed by atoms with Crippen LogP contribution in [0.15, 0.2) is 30.3 Å². The molecule has 110 valence electrons. The average Bonchev–Trinajstić information content (AvgIpc) is 2.72. The van der Waals surface area contributed by atoms with Gasteiger partial charge in [0.1, 0.15) is 0 Å². The first-order valence-corrected chi connectivity index (χ1v) is 6.29. The molecule has 1 amide bonds. The van der Waals surface area contributed by atoms with Crippen molar-refractivity contribution < 1.29 is 18.0 Å². The lowest BCUT2D eigenvalue weighted by molar-refractivity contribution is -0.174. The van der Waals surface area contributed by atoms with Crippen molar-refractivity contribution in [3.63, 3.8) is 0 Å². The van der Waals surface area contributed by atoms with Gasteiger partial charge in [-0.25, -0.2) is 0 Å². The van der Waals surface area contributed by atoms with Crippen molar-refractivity contribution in [1.82, 2.24) is 10.2 Å². The molecule has 1 saturated heterocycles. The Morgan fingerprint density at radius 1 is 1.35 bits per heavy atom. The summed E-state index contributed by atoms with van der Waals surface area (Å²) < 4.78 is 36.6. The number of rotatable bonds is 3. The Labute approximate surface area is 114 Å². The standard InChI is InChI=1S/C13H16F3N3O/c14-13(15,16)12(20)18-10-6-7-19(11(10)17)8-9-4-2-1-3-5-9/h1-5,10-11H,6-8,17H2,(H,18,20)/t10-,11?/m0/s1. The molecular weight excluding hydrogens is 271 g/mol. The molecule has 0 aliphatic carbocycles. The molecule has 3 N–H and O–H groups in total. The fraction of sp³-hybridized carbons (Fsp3) is 0.462. The SMILES string of the molecule is NC1[C@@H](NC(=O)C(F)(F)F)CCN1Cc1ccccc1. The highest BCUT2D eigenvalue weighted by atomic mass is 19.4. The van der Waals surface area contributed by atoms with E-state index in [4.69, 9.17) is 5.73 Å². The summed E-state index contributed by atoms with van der Waals surface area (Å²) in [7, 11) is 0. The number of hydrogen-bond acceptors (Lipinski definition) is 3. The van der Waals surface area contributed by atoms with Gasteiger partial charge in [-0.15, -0.1) is 0 Å². The number of alkyl halides is 3. The Bertz CT molecular complexity index is 464. The van der Waals surface area contributed by atoms with E-state index in [0.29, 0.717) is 19.5 Å². The molecule has 1 aliphatic rings. The number of nitrogens with one attached hydrogen (secondary N) is 1. The van der Waals surface area contributed by atoms with Crippen LogP contribution in [0.4, 0.5) is 13.2 Å². The van der Waals surface area contributed by atoms with Gasteiger partial charge in [0.25, 0.3) is 0 Å². The first kappa shape index (κ1) is 14.8. The first-order chi connectivity index (χ1) is 9.38. The average molecular weight is 287 g/mol. The molecule has 20 heavy (non-hydrogen) atoms. The van der Waals surface area contributed by atoms with E-state index in [1.165, 1.54) is 0 Å². The van der Waals surface area contributed by atoms with Crippen LogP contribution in [0, 0.1) is 0 Å². The van der Waals surface area contributed by atoms with E-state index in [1.807, 2.05) is 40.5 Å². The van der Waals surface area contributed by atoms with Gasteiger partial charge in [-0.1, -0.05) is 30.3 Å². The number of benzene rings is 1. The fourth-order valence-electron chi connectivity index (χ4n) is 2.29. The Balaban J connectivity index is 1.93. The third-order valence-electron chi connectivity index (χ3n) is 3.36. The summed E-state index contributed by atoms with van der Waals surface area (Å²) in [4.78, 5) is 12.8. The zero-order chi connectivity index (χ0) is 14.8. The molecule has 2 rings (SSSR count). The smallest absolute Gasteiger partial charge is 0.343 e. The maximum absolute atomic E-state index is 12.2. The van der Waals surface area contributed by atoms with Gasteiger partial charge in [0, 0.05) is 13.1 Å². The van der Waals surface area contributed by atoms with E-state index in [2.05, 4.69) is 0 Å². The van der Waals surface area contributed by atoms with Gasteiger partial charge in [-0.05, 0) is 12.0 Å². The summed E-state index contributed by atoms with van der Waals surface area (Å²) in [5, 5.41) is 1.95. The highest BCUT2D eigenvalue weighted by Crippen LogP contribution is 2.20. The van der Waals surface area contributed by atoms with Gasteiger partial charge in [-0.2, -0.15) is 13.2 Å². The molecule has 7 heteroatoms. The number of carbonyl (C=O) groups excluding carboxylic acids is 1. The Hall–Kier alpha value is -1.60. The molecular formula is C13H16F3N3O. The van der Waals surface area contributed by atoms with Crippen LogP contribution in [0.5, 0.6) is 0 Å². The molecule has 0 spiro atoms. The van der Waals surface area contributed by atoms with E-state index in [1.54, 1.807) is 0 Å². The van der Waals surface area contributed by atoms with Crippen molar-refractivity contribution in [3.8, 4) is 0 Å². The molecule has 0 bridgehead atoms. The molecule has 1 aromatic rings. The number of halogens is 3. The van der Waals surface area contributed by atoms with Crippen molar-refractivity contribution in [2.24, 2.45) is 5.73 Å². The molecule has 2 atom stereocenters. The van der Waals surface area contributed by atoms with E-state index in [0.717, 1.165) is 5.56 Å². The number of carbonyl (C=O) groups is 1. The van der Waals surface area contributed by atoms with Gasteiger partial charge in [-0.3, -0.25) is 9.69 Å². The highest BCUT2D eigenvalue weighted by molar-refractivity contribution is 5.82. The van der Waals surface area contributed by atoms with E-state index >= 15 is 0 Å². The van der Waals surface area contributed by atoms with Crippen LogP contribution in [-0.4, -0.2) is 35.7 Å². The first-order valence-electron chi connectivity index (χ1n) is 6.29. The van der Waals surface area contributed by atoms with Crippen LogP contribution < -0.4 is 11.1 Å². The minimum Gasteiger partial charge on any atom is -0.343 e. The van der Waals surface area contributed by atoms with Crippen LogP contribution >= 0.6 is 0 Å². The zero-order valence-corrected chi connectivity index (χ0v) is 10.7. The van der Waals surface area contributed by atoms with Crippen LogP contribution in [0.1, 0.15) is 12.0 Å². The Morgan fingerprint density at radius 3 is 2.60 bits per heavy atom. The summed E-state index contributed by atoms with van der Waals surface area (Å²) in [6.45, 7) is 1.11. The van der Waals surface area contributed by atoms with Crippen LogP contribution in [0.25, 0.3) is 0 Å². The second kappa shape index (κ2) is 5.80. The number of nitrogens with two attached hydrogens (primary N) is 1. The topological polar surface area (TPSA) is 58.4 Å². The van der Waals surface area contributed by atoms with Gasteiger partial charge < -0.3 is 11.1 Å². The number of amides is 1. The fourth-order valence-corrected chi connectivity index (χ4v) is 2.29. The van der Waals surface area contributed by atoms with Crippen molar-refractivity contribution in [3.05, 3.63) is 35.9 Å². The maximum atomic E-state index is 12.2. The lowest BCUT2D eigenvalue weighted by atomic mass is 10.2. The molecule has 0 saturated carbocycles. The zero-order valence-electron chi connectivity index (χ0n) is 10.7. The van der Waals surface area contributed by atoms with Crippen LogP contribution in [-0.2, 0) is 11.3 Å². The monoisotopic (exact) mass is 287 g/mol. The molecule has 0 aromatic heterocycles. The maximum Gasteiger partial charge on any atom is 0.471 e. The predicted molar refractivity (Wildman–Crippen MR) is 67.4 cm³/mol. The minimum atomic E-state index is -4.87. The summed E-state index contributed by atoms with van der Waals surface area (Å²) in [5.74, 6) is -1.93. The molecule has 1 fully saturated rings. The second-order valence-electron chi connectivity index (χ2n) is 4.81. The number of nitrogens with zero attached hydrogens (tertiary/aromatic N) is 1. The summed E-state index contributed by atoms with van der Waals surface area (Å²) >= 11 is 0. The van der Waals surface area contributed by atoms with Crippen LogP contribution in [0.2, 0.25) is 0 Å². The quantitative estimate of drug-likeness (QED) is 0.879.